The molecule has 1 unspecified atom stereocenters. The first-order chi connectivity index (χ1) is 14.6. The molecule has 0 aliphatic heterocycles. The Morgan fingerprint density at radius 2 is 2.00 bits per heavy atom. The Bertz CT molecular complexity index is 1420. The highest BCUT2D eigenvalue weighted by Crippen LogP contribution is 2.33. The van der Waals surface area contributed by atoms with Gasteiger partial charge in [0, 0.05) is 42.4 Å². The summed E-state index contributed by atoms with van der Waals surface area (Å²) in [5, 5.41) is 4.71. The van der Waals surface area contributed by atoms with Gasteiger partial charge in [0.05, 0.1) is 23.3 Å². The Balaban J connectivity index is 1.66. The molecule has 2 N–H and O–H groups in total. The smallest absolute Gasteiger partial charge is 0.266 e. The second-order valence-corrected chi connectivity index (χ2v) is 7.52. The molecule has 6 heteroatoms. The van der Waals surface area contributed by atoms with Crippen LogP contribution in [0.4, 0.5) is 5.69 Å². The molecule has 0 spiro atoms. The van der Waals surface area contributed by atoms with Gasteiger partial charge in [-0.3, -0.25) is 9.78 Å². The summed E-state index contributed by atoms with van der Waals surface area (Å²) in [5.74, 6) is 0. The molecule has 2 aromatic carbocycles. The number of benzene rings is 2. The molecule has 0 amide bonds. The zero-order valence-corrected chi connectivity index (χ0v) is 16.8. The zero-order valence-electron chi connectivity index (χ0n) is 16.8. The second-order valence-electron chi connectivity index (χ2n) is 7.52. The number of rotatable bonds is 4. The minimum Gasteiger partial charge on any atom is -0.378 e. The number of aryl methyl sites for hydroxylation is 1. The van der Waals surface area contributed by atoms with Gasteiger partial charge in [-0.2, -0.15) is 0 Å². The van der Waals surface area contributed by atoms with Crippen molar-refractivity contribution >= 4 is 27.6 Å². The highest BCUT2D eigenvalue weighted by atomic mass is 16.1. The van der Waals surface area contributed by atoms with Crippen molar-refractivity contribution in [1.29, 1.82) is 0 Å². The minimum absolute atomic E-state index is 0.0581. The lowest BCUT2D eigenvalue weighted by Gasteiger charge is -2.17. The van der Waals surface area contributed by atoms with E-state index in [1.54, 1.807) is 6.20 Å². The summed E-state index contributed by atoms with van der Waals surface area (Å²) in [6.07, 6.45) is 7.00. The third-order valence-electron chi connectivity index (χ3n) is 5.45. The maximum absolute atomic E-state index is 11.9. The maximum atomic E-state index is 11.9. The van der Waals surface area contributed by atoms with Gasteiger partial charge in [-0.1, -0.05) is 18.2 Å². The third-order valence-corrected chi connectivity index (χ3v) is 5.45. The first kappa shape index (κ1) is 18.1. The quantitative estimate of drug-likeness (QED) is 0.464. The number of hydrogen-bond acceptors (Lipinski definition) is 4. The molecule has 3 aromatic heterocycles. The summed E-state index contributed by atoms with van der Waals surface area (Å²) in [4.78, 5) is 23.5. The van der Waals surface area contributed by atoms with Crippen molar-refractivity contribution in [2.45, 2.75) is 13.0 Å². The van der Waals surface area contributed by atoms with Crippen LogP contribution in [0.25, 0.3) is 33.1 Å². The summed E-state index contributed by atoms with van der Waals surface area (Å²) in [6, 6.07) is 16.5. The summed E-state index contributed by atoms with van der Waals surface area (Å²) in [5.41, 5.74) is 6.40. The third kappa shape index (κ3) is 3.22. The highest BCUT2D eigenvalue weighted by Gasteiger charge is 2.12. The van der Waals surface area contributed by atoms with Gasteiger partial charge in [-0.15, -0.1) is 0 Å². The van der Waals surface area contributed by atoms with E-state index in [2.05, 4.69) is 68.3 Å². The maximum Gasteiger partial charge on any atom is 0.266 e. The normalized spacial score (nSPS) is 12.3. The summed E-state index contributed by atoms with van der Waals surface area (Å²) in [6.45, 7) is 2.09. The minimum atomic E-state index is -0.219. The van der Waals surface area contributed by atoms with Crippen molar-refractivity contribution in [2.75, 3.05) is 5.32 Å². The fourth-order valence-corrected chi connectivity index (χ4v) is 3.86. The average Bonchev–Trinajstić information content (AvgIpc) is 3.13. The number of aromatic amines is 1. The van der Waals surface area contributed by atoms with Crippen LogP contribution in [0.2, 0.25) is 0 Å². The van der Waals surface area contributed by atoms with Crippen molar-refractivity contribution in [1.82, 2.24) is 19.5 Å². The van der Waals surface area contributed by atoms with Crippen LogP contribution in [0.1, 0.15) is 18.5 Å². The highest BCUT2D eigenvalue weighted by molar-refractivity contribution is 5.97. The van der Waals surface area contributed by atoms with E-state index in [0.29, 0.717) is 5.52 Å². The van der Waals surface area contributed by atoms with E-state index in [9.17, 15) is 4.79 Å². The summed E-state index contributed by atoms with van der Waals surface area (Å²) < 4.78 is 2.10. The van der Waals surface area contributed by atoms with E-state index in [-0.39, 0.29) is 11.6 Å². The average molecular weight is 395 g/mol. The van der Waals surface area contributed by atoms with E-state index in [0.717, 1.165) is 33.4 Å². The van der Waals surface area contributed by atoms with Gasteiger partial charge in [-0.25, -0.2) is 4.98 Å². The predicted molar refractivity (Wildman–Crippen MR) is 121 cm³/mol. The van der Waals surface area contributed by atoms with Crippen LogP contribution < -0.4 is 10.9 Å². The predicted octanol–water partition coefficient (Wildman–Crippen LogP) is 4.65. The second kappa shape index (κ2) is 7.15. The van der Waals surface area contributed by atoms with E-state index < -0.39 is 0 Å². The number of pyridine rings is 1. The van der Waals surface area contributed by atoms with Crippen LogP contribution in [-0.2, 0) is 7.05 Å². The Hall–Kier alpha value is -3.93. The molecule has 5 aromatic rings. The van der Waals surface area contributed by atoms with Crippen molar-refractivity contribution < 1.29 is 0 Å². The van der Waals surface area contributed by atoms with Crippen molar-refractivity contribution in [2.24, 2.45) is 7.05 Å². The van der Waals surface area contributed by atoms with Crippen LogP contribution >= 0.6 is 0 Å². The van der Waals surface area contributed by atoms with Crippen LogP contribution in [-0.4, -0.2) is 19.5 Å². The molecule has 0 radical (unpaired) electrons. The van der Waals surface area contributed by atoms with E-state index in [1.807, 2.05) is 31.4 Å². The van der Waals surface area contributed by atoms with Gasteiger partial charge >= 0.3 is 0 Å². The lowest BCUT2D eigenvalue weighted by atomic mass is 10.0. The van der Waals surface area contributed by atoms with Crippen molar-refractivity contribution in [3.8, 4) is 11.1 Å². The van der Waals surface area contributed by atoms with Gasteiger partial charge in [0.1, 0.15) is 0 Å². The van der Waals surface area contributed by atoms with Crippen molar-refractivity contribution in [3.05, 3.63) is 89.2 Å². The van der Waals surface area contributed by atoms with Crippen LogP contribution in [0.3, 0.4) is 0 Å². The SMILES string of the molecule is CC(Nc1cc(-c2ccc3ccn(C)c3c2)c2ncc(=O)[nH]c2c1)c1cccnc1. The van der Waals surface area contributed by atoms with Crippen LogP contribution in [0.15, 0.2) is 78.1 Å². The topological polar surface area (TPSA) is 75.6 Å². The molecule has 0 aliphatic rings. The van der Waals surface area contributed by atoms with Gasteiger partial charge in [0.2, 0.25) is 0 Å². The largest absolute Gasteiger partial charge is 0.378 e. The van der Waals surface area contributed by atoms with Gasteiger partial charge < -0.3 is 14.9 Å². The monoisotopic (exact) mass is 395 g/mol. The number of fused-ring (bicyclic) bond motifs is 2. The lowest BCUT2D eigenvalue weighted by molar-refractivity contribution is 0.876. The number of hydrogen-bond donors (Lipinski definition) is 2. The van der Waals surface area contributed by atoms with Gasteiger partial charge in [-0.05, 0) is 53.8 Å². The fourth-order valence-electron chi connectivity index (χ4n) is 3.86. The number of H-pyrrole nitrogens is 1. The Labute approximate surface area is 173 Å². The molecular weight excluding hydrogens is 374 g/mol. The zero-order chi connectivity index (χ0) is 20.7. The molecule has 6 nitrogen and oxygen atoms in total. The van der Waals surface area contributed by atoms with Gasteiger partial charge in [0.25, 0.3) is 5.56 Å². The van der Waals surface area contributed by atoms with E-state index in [4.69, 9.17) is 0 Å². The molecular formula is C24H21N5O. The number of aromatic nitrogens is 4. The molecule has 1 atom stereocenters. The lowest BCUT2D eigenvalue weighted by Crippen LogP contribution is -2.09. The molecule has 0 saturated heterocycles. The molecule has 148 valence electrons. The standard InChI is InChI=1S/C24H21N5O/c1-15(18-4-3-8-25-13-18)27-19-11-20(24-21(12-19)28-23(30)14-26-24)17-6-5-16-7-9-29(2)22(16)10-17/h3-15,27H,1-2H3,(H,28,30). The molecule has 0 bridgehead atoms. The van der Waals surface area contributed by atoms with E-state index >= 15 is 0 Å². The molecule has 30 heavy (non-hydrogen) atoms. The number of nitrogens with zero attached hydrogens (tertiary/aromatic N) is 3. The number of nitrogens with one attached hydrogen (secondary N) is 2. The van der Waals surface area contributed by atoms with Gasteiger partial charge in [0.15, 0.2) is 0 Å². The van der Waals surface area contributed by atoms with Crippen molar-refractivity contribution in [3.63, 3.8) is 0 Å². The fraction of sp³-hybridized carbons (Fsp3) is 0.125. The first-order valence-electron chi connectivity index (χ1n) is 9.83. The Morgan fingerprint density at radius 1 is 1.10 bits per heavy atom. The molecule has 0 saturated carbocycles. The summed E-state index contributed by atoms with van der Waals surface area (Å²) >= 11 is 0. The molecule has 0 aliphatic carbocycles. The first-order valence-corrected chi connectivity index (χ1v) is 9.83. The molecule has 0 fully saturated rings. The summed E-state index contributed by atoms with van der Waals surface area (Å²) in [7, 11) is 2.04. The van der Waals surface area contributed by atoms with Crippen LogP contribution in [0.5, 0.6) is 0 Å². The van der Waals surface area contributed by atoms with Crippen LogP contribution in [0, 0.1) is 0 Å². The Morgan fingerprint density at radius 3 is 2.83 bits per heavy atom. The number of anilines is 1. The molecule has 3 heterocycles. The van der Waals surface area contributed by atoms with E-state index in [1.165, 1.54) is 11.6 Å². The Kier molecular flexibility index (Phi) is 4.32. The molecule has 5 rings (SSSR count).